The Morgan fingerprint density at radius 1 is 0.920 bits per heavy atom. The highest BCUT2D eigenvalue weighted by atomic mass is 32.1. The number of nitrogens with zero attached hydrogens (tertiary/aromatic N) is 4. The highest BCUT2D eigenvalue weighted by Crippen LogP contribution is 2.49. The molecule has 4 nitrogen and oxygen atoms in total. The molecular formula is C20H30N4S. The molecule has 5 heteroatoms. The first-order chi connectivity index (χ1) is 11.7. The number of aliphatic imine (C=N–C) groups is 2. The molecule has 0 aromatic carbocycles. The Labute approximate surface area is 156 Å². The topological polar surface area (TPSA) is 50.5 Å². The van der Waals surface area contributed by atoms with E-state index < -0.39 is 0 Å². The Balaban J connectivity index is 2.91. The van der Waals surface area contributed by atoms with Crippen molar-refractivity contribution in [2.45, 2.75) is 68.2 Å². The van der Waals surface area contributed by atoms with Crippen LogP contribution >= 0.6 is 11.7 Å². The molecule has 0 saturated heterocycles. The number of hydrogen-bond acceptors (Lipinski definition) is 5. The summed E-state index contributed by atoms with van der Waals surface area (Å²) < 4.78 is 9.42. The summed E-state index contributed by atoms with van der Waals surface area (Å²) in [5.41, 5.74) is 6.37. The molecule has 0 saturated carbocycles. The number of fused-ring (bicyclic) bond motifs is 1. The zero-order valence-electron chi connectivity index (χ0n) is 16.8. The first-order valence-electron chi connectivity index (χ1n) is 8.95. The molecule has 2 rings (SSSR count). The van der Waals surface area contributed by atoms with Gasteiger partial charge in [-0.3, -0.25) is 9.98 Å². The molecular weight excluding hydrogens is 328 g/mol. The highest BCUT2D eigenvalue weighted by molar-refractivity contribution is 6.99. The highest BCUT2D eigenvalue weighted by Gasteiger charge is 2.37. The van der Waals surface area contributed by atoms with Gasteiger partial charge >= 0.3 is 0 Å². The second kappa shape index (κ2) is 7.32. The molecule has 1 aromatic rings. The summed E-state index contributed by atoms with van der Waals surface area (Å²) in [6.07, 6.45) is 5.46. The first-order valence-corrected chi connectivity index (χ1v) is 9.68. The van der Waals surface area contributed by atoms with Gasteiger partial charge in [0.15, 0.2) is 0 Å². The molecule has 0 atom stereocenters. The van der Waals surface area contributed by atoms with E-state index in [1.54, 1.807) is 0 Å². The SMILES string of the molecule is CC=NC1=C(C(C)(C)C)c2nsnc2C(C(C)(C)CC)=C(N=CC)C1. The Bertz CT molecular complexity index is 755. The fourth-order valence-corrected chi connectivity index (χ4v) is 3.89. The zero-order chi connectivity index (χ0) is 18.8. The van der Waals surface area contributed by atoms with E-state index in [9.17, 15) is 0 Å². The molecule has 0 bridgehead atoms. The molecule has 0 aliphatic heterocycles. The molecule has 0 amide bonds. The van der Waals surface area contributed by atoms with Crippen molar-refractivity contribution >= 4 is 35.3 Å². The molecule has 0 N–H and O–H groups in total. The minimum Gasteiger partial charge on any atom is -0.265 e. The molecule has 1 aromatic heterocycles. The van der Waals surface area contributed by atoms with Gasteiger partial charge in [-0.05, 0) is 31.1 Å². The summed E-state index contributed by atoms with van der Waals surface area (Å²) in [6.45, 7) is 17.3. The Hall–Kier alpha value is -1.62. The van der Waals surface area contributed by atoms with Crippen LogP contribution in [0, 0.1) is 10.8 Å². The molecule has 0 spiro atoms. The average Bonchev–Trinajstić information content (AvgIpc) is 2.90. The Morgan fingerprint density at radius 2 is 1.40 bits per heavy atom. The normalized spacial score (nSPS) is 17.0. The van der Waals surface area contributed by atoms with Crippen molar-refractivity contribution in [1.29, 1.82) is 0 Å². The third-order valence-corrected chi connectivity index (χ3v) is 5.28. The Morgan fingerprint density at radius 3 is 1.84 bits per heavy atom. The summed E-state index contributed by atoms with van der Waals surface area (Å²) in [5, 5.41) is 0. The number of allylic oxidation sites excluding steroid dienone is 2. The van der Waals surface area contributed by atoms with E-state index in [0.717, 1.165) is 29.2 Å². The maximum atomic E-state index is 4.75. The fraction of sp³-hybridized carbons (Fsp3) is 0.600. The molecule has 136 valence electrons. The van der Waals surface area contributed by atoms with Gasteiger partial charge < -0.3 is 0 Å². The lowest BCUT2D eigenvalue weighted by molar-refractivity contribution is 0.477. The third kappa shape index (κ3) is 3.81. The number of hydrogen-bond donors (Lipinski definition) is 0. The van der Waals surface area contributed by atoms with Crippen LogP contribution in [0.1, 0.15) is 79.6 Å². The van der Waals surface area contributed by atoms with Crippen LogP contribution in [-0.2, 0) is 0 Å². The third-order valence-electron chi connectivity index (χ3n) is 4.75. The number of aromatic nitrogens is 2. The van der Waals surface area contributed by atoms with Crippen LogP contribution in [-0.4, -0.2) is 21.2 Å². The summed E-state index contributed by atoms with van der Waals surface area (Å²) in [7, 11) is 0. The summed E-state index contributed by atoms with van der Waals surface area (Å²) in [6, 6.07) is 0. The molecule has 0 radical (unpaired) electrons. The molecule has 1 aliphatic rings. The second-order valence-corrected chi connectivity index (χ2v) is 8.57. The lowest BCUT2D eigenvalue weighted by atomic mass is 9.77. The van der Waals surface area contributed by atoms with Crippen molar-refractivity contribution in [1.82, 2.24) is 8.75 Å². The van der Waals surface area contributed by atoms with Gasteiger partial charge in [0.1, 0.15) is 11.4 Å². The lowest BCUT2D eigenvalue weighted by Gasteiger charge is -2.27. The van der Waals surface area contributed by atoms with Crippen molar-refractivity contribution in [3.8, 4) is 0 Å². The van der Waals surface area contributed by atoms with Crippen molar-refractivity contribution in [2.24, 2.45) is 20.8 Å². The minimum absolute atomic E-state index is 0.0271. The fourth-order valence-electron chi connectivity index (χ4n) is 3.33. The van der Waals surface area contributed by atoms with Gasteiger partial charge in [-0.2, -0.15) is 8.75 Å². The van der Waals surface area contributed by atoms with E-state index >= 15 is 0 Å². The second-order valence-electron chi connectivity index (χ2n) is 8.04. The molecule has 1 heterocycles. The van der Waals surface area contributed by atoms with Gasteiger partial charge in [-0.1, -0.05) is 41.5 Å². The van der Waals surface area contributed by atoms with Crippen LogP contribution < -0.4 is 0 Å². The van der Waals surface area contributed by atoms with Crippen LogP contribution in [0.25, 0.3) is 11.1 Å². The van der Waals surface area contributed by atoms with Crippen LogP contribution in [0.2, 0.25) is 0 Å². The van der Waals surface area contributed by atoms with Crippen molar-refractivity contribution < 1.29 is 0 Å². The average molecular weight is 359 g/mol. The summed E-state index contributed by atoms with van der Waals surface area (Å²) in [4.78, 5) is 9.48. The van der Waals surface area contributed by atoms with E-state index in [4.69, 9.17) is 18.7 Å². The largest absolute Gasteiger partial charge is 0.265 e. The summed E-state index contributed by atoms with van der Waals surface area (Å²) in [5.74, 6) is 0. The van der Waals surface area contributed by atoms with Gasteiger partial charge in [0, 0.05) is 30.0 Å². The number of rotatable bonds is 4. The van der Waals surface area contributed by atoms with Crippen LogP contribution in [0.15, 0.2) is 21.4 Å². The van der Waals surface area contributed by atoms with E-state index in [1.165, 1.54) is 22.9 Å². The monoisotopic (exact) mass is 358 g/mol. The van der Waals surface area contributed by atoms with E-state index in [0.29, 0.717) is 6.42 Å². The molecule has 0 unspecified atom stereocenters. The maximum absolute atomic E-state index is 4.75. The minimum atomic E-state index is -0.0702. The van der Waals surface area contributed by atoms with Gasteiger partial charge in [0.05, 0.1) is 23.1 Å². The predicted octanol–water partition coefficient (Wildman–Crippen LogP) is 6.03. The molecule has 25 heavy (non-hydrogen) atoms. The quantitative estimate of drug-likeness (QED) is 0.617. The van der Waals surface area contributed by atoms with E-state index in [-0.39, 0.29) is 10.8 Å². The van der Waals surface area contributed by atoms with Gasteiger partial charge in [0.25, 0.3) is 0 Å². The van der Waals surface area contributed by atoms with Gasteiger partial charge in [-0.15, -0.1) is 0 Å². The predicted molar refractivity (Wildman–Crippen MR) is 110 cm³/mol. The van der Waals surface area contributed by atoms with Crippen molar-refractivity contribution in [3.63, 3.8) is 0 Å². The van der Waals surface area contributed by atoms with Crippen LogP contribution in [0.3, 0.4) is 0 Å². The molecule has 1 aliphatic carbocycles. The van der Waals surface area contributed by atoms with E-state index in [2.05, 4.69) is 41.5 Å². The van der Waals surface area contributed by atoms with Crippen LogP contribution in [0.5, 0.6) is 0 Å². The van der Waals surface area contributed by atoms with Gasteiger partial charge in [-0.25, -0.2) is 0 Å². The smallest absolute Gasteiger partial charge is 0.110 e. The zero-order valence-corrected chi connectivity index (χ0v) is 17.6. The summed E-state index contributed by atoms with van der Waals surface area (Å²) >= 11 is 1.28. The van der Waals surface area contributed by atoms with Crippen molar-refractivity contribution in [2.75, 3.05) is 0 Å². The van der Waals surface area contributed by atoms with E-state index in [1.807, 2.05) is 26.3 Å². The van der Waals surface area contributed by atoms with Crippen LogP contribution in [0.4, 0.5) is 0 Å². The lowest BCUT2D eigenvalue weighted by Crippen LogP contribution is -2.16. The standard InChI is InChI=1S/C20H30N4S/c1-9-20(7,8)16-14(22-11-3)12-13(21-10-2)15(19(4,5)6)17-18(16)24-25-23-17/h10-11H,9,12H2,1-8H3. The van der Waals surface area contributed by atoms with Crippen molar-refractivity contribution in [3.05, 3.63) is 22.8 Å². The molecule has 0 fully saturated rings. The Kier molecular flexibility index (Phi) is 5.77. The first kappa shape index (κ1) is 19.7. The maximum Gasteiger partial charge on any atom is 0.110 e. The van der Waals surface area contributed by atoms with Gasteiger partial charge in [0.2, 0.25) is 0 Å².